The minimum atomic E-state index is -0.642. The summed E-state index contributed by atoms with van der Waals surface area (Å²) < 4.78 is 18.1. The molecule has 1 saturated carbocycles. The molecular weight excluding hydrogens is 235 g/mol. The molecule has 1 aromatic carbocycles. The predicted octanol–water partition coefficient (Wildman–Crippen LogP) is 2.26. The molecule has 2 rings (SSSR count). The van der Waals surface area contributed by atoms with Crippen LogP contribution < -0.4 is 5.73 Å². The van der Waals surface area contributed by atoms with Crippen molar-refractivity contribution in [2.75, 3.05) is 12.3 Å². The van der Waals surface area contributed by atoms with Crippen molar-refractivity contribution in [1.29, 1.82) is 5.26 Å². The molecule has 1 aromatic rings. The second kappa shape index (κ2) is 4.65. The zero-order valence-electron chi connectivity index (χ0n) is 9.78. The van der Waals surface area contributed by atoms with Crippen molar-refractivity contribution in [3.63, 3.8) is 0 Å². The van der Waals surface area contributed by atoms with Gasteiger partial charge < -0.3 is 10.5 Å². The molecule has 0 amide bonds. The van der Waals surface area contributed by atoms with Crippen molar-refractivity contribution in [3.8, 4) is 6.07 Å². The molecule has 18 heavy (non-hydrogen) atoms. The molecule has 5 heteroatoms. The third kappa shape index (κ3) is 2.59. The molecule has 2 N–H and O–H groups in total. The summed E-state index contributed by atoms with van der Waals surface area (Å²) in [6.07, 6.45) is 2.14. The molecule has 0 aromatic heterocycles. The molecular formula is C13H13FN2O2. The molecule has 0 heterocycles. The molecule has 0 unspecified atom stereocenters. The van der Waals surface area contributed by atoms with Gasteiger partial charge in [-0.1, -0.05) is 0 Å². The van der Waals surface area contributed by atoms with Crippen LogP contribution in [0.1, 0.15) is 29.6 Å². The molecule has 0 atom stereocenters. The Balaban J connectivity index is 2.00. The summed E-state index contributed by atoms with van der Waals surface area (Å²) >= 11 is 0. The van der Waals surface area contributed by atoms with Crippen LogP contribution in [0, 0.1) is 22.6 Å². The fourth-order valence-electron chi connectivity index (χ4n) is 1.72. The van der Waals surface area contributed by atoms with Crippen molar-refractivity contribution in [2.24, 2.45) is 5.41 Å². The largest absolute Gasteiger partial charge is 0.461 e. The number of nitrogens with two attached hydrogens (primary N) is 1. The lowest BCUT2D eigenvalue weighted by Crippen LogP contribution is -2.16. The minimum absolute atomic E-state index is 0.0303. The lowest BCUT2D eigenvalue weighted by molar-refractivity contribution is 0.0420. The van der Waals surface area contributed by atoms with E-state index in [1.165, 1.54) is 12.1 Å². The van der Waals surface area contributed by atoms with E-state index in [1.54, 1.807) is 0 Å². The summed E-state index contributed by atoms with van der Waals surface area (Å²) in [6.45, 7) is 0.190. The van der Waals surface area contributed by atoms with Gasteiger partial charge >= 0.3 is 5.97 Å². The molecule has 0 saturated heterocycles. The van der Waals surface area contributed by atoms with E-state index in [9.17, 15) is 9.18 Å². The zero-order chi connectivity index (χ0) is 13.2. The van der Waals surface area contributed by atoms with Crippen LogP contribution in [0.5, 0.6) is 0 Å². The number of carbonyl (C=O) groups is 1. The van der Waals surface area contributed by atoms with Crippen LogP contribution in [-0.2, 0) is 4.74 Å². The van der Waals surface area contributed by atoms with Crippen LogP contribution in [0.15, 0.2) is 18.2 Å². The Hall–Kier alpha value is -2.09. The molecule has 1 fully saturated rings. The van der Waals surface area contributed by atoms with Gasteiger partial charge in [-0.15, -0.1) is 0 Å². The van der Waals surface area contributed by atoms with E-state index in [2.05, 4.69) is 6.07 Å². The molecule has 0 bridgehead atoms. The van der Waals surface area contributed by atoms with Gasteiger partial charge in [0.25, 0.3) is 0 Å². The highest BCUT2D eigenvalue weighted by Crippen LogP contribution is 2.48. The molecule has 4 nitrogen and oxygen atoms in total. The summed E-state index contributed by atoms with van der Waals surface area (Å²) in [4.78, 5) is 11.7. The maximum atomic E-state index is 13.0. The van der Waals surface area contributed by atoms with E-state index in [0.717, 1.165) is 18.9 Å². The molecule has 0 spiro atoms. The fraction of sp³-hybridized carbons (Fsp3) is 0.385. The second-order valence-corrected chi connectivity index (χ2v) is 4.64. The van der Waals surface area contributed by atoms with E-state index >= 15 is 0 Å². The average molecular weight is 248 g/mol. The Labute approximate surface area is 104 Å². The number of halogens is 1. The second-order valence-electron chi connectivity index (χ2n) is 4.64. The highest BCUT2D eigenvalue weighted by molar-refractivity contribution is 5.95. The van der Waals surface area contributed by atoms with Crippen molar-refractivity contribution in [3.05, 3.63) is 29.6 Å². The number of anilines is 1. The van der Waals surface area contributed by atoms with Gasteiger partial charge in [0.05, 0.1) is 18.2 Å². The van der Waals surface area contributed by atoms with E-state index in [1.807, 2.05) is 0 Å². The van der Waals surface area contributed by atoms with E-state index in [4.69, 9.17) is 15.7 Å². The lowest BCUT2D eigenvalue weighted by Gasteiger charge is -2.12. The van der Waals surface area contributed by atoms with Gasteiger partial charge in [-0.3, -0.25) is 0 Å². The van der Waals surface area contributed by atoms with Gasteiger partial charge in [0.1, 0.15) is 5.82 Å². The number of carbonyl (C=O) groups excluding carboxylic acids is 1. The van der Waals surface area contributed by atoms with Crippen molar-refractivity contribution >= 4 is 11.7 Å². The summed E-state index contributed by atoms with van der Waals surface area (Å²) in [6, 6.07) is 5.65. The number of hydrogen-bond acceptors (Lipinski definition) is 4. The first-order valence-electron chi connectivity index (χ1n) is 5.65. The highest BCUT2D eigenvalue weighted by atomic mass is 19.1. The molecule has 1 aliphatic rings. The average Bonchev–Trinajstić information content (AvgIpc) is 3.10. The first kappa shape index (κ1) is 12.4. The third-order valence-electron chi connectivity index (χ3n) is 3.16. The number of ether oxygens (including phenoxy) is 1. The van der Waals surface area contributed by atoms with E-state index in [0.29, 0.717) is 6.42 Å². The number of benzene rings is 1. The number of nitriles is 1. The SMILES string of the molecule is N#CCC1(COC(=O)c2cc(F)ccc2N)CC1. The normalized spacial score (nSPS) is 15.8. The number of esters is 1. The third-order valence-corrected chi connectivity index (χ3v) is 3.16. The maximum absolute atomic E-state index is 13.0. The van der Waals surface area contributed by atoms with Gasteiger partial charge in [0, 0.05) is 17.5 Å². The Morgan fingerprint density at radius 3 is 2.89 bits per heavy atom. The van der Waals surface area contributed by atoms with Gasteiger partial charge in [-0.05, 0) is 31.0 Å². The molecule has 1 aliphatic carbocycles. The predicted molar refractivity (Wildman–Crippen MR) is 63.0 cm³/mol. The topological polar surface area (TPSA) is 76.1 Å². The Kier molecular flexibility index (Phi) is 3.19. The van der Waals surface area contributed by atoms with Crippen LogP contribution in [-0.4, -0.2) is 12.6 Å². The smallest absolute Gasteiger partial charge is 0.340 e. The first-order valence-corrected chi connectivity index (χ1v) is 5.65. The molecule has 94 valence electrons. The monoisotopic (exact) mass is 248 g/mol. The maximum Gasteiger partial charge on any atom is 0.340 e. The van der Waals surface area contributed by atoms with Gasteiger partial charge in [0.2, 0.25) is 0 Å². The van der Waals surface area contributed by atoms with Crippen molar-refractivity contribution < 1.29 is 13.9 Å². The molecule has 0 aliphatic heterocycles. The van der Waals surface area contributed by atoms with Crippen LogP contribution in [0.4, 0.5) is 10.1 Å². The van der Waals surface area contributed by atoms with Gasteiger partial charge in [0.15, 0.2) is 0 Å². The molecule has 0 radical (unpaired) electrons. The Morgan fingerprint density at radius 1 is 1.56 bits per heavy atom. The summed E-state index contributed by atoms with van der Waals surface area (Å²) in [5, 5.41) is 8.64. The van der Waals surface area contributed by atoms with Crippen molar-refractivity contribution in [1.82, 2.24) is 0 Å². The summed E-state index contributed by atoms with van der Waals surface area (Å²) in [5.41, 5.74) is 5.61. The lowest BCUT2D eigenvalue weighted by atomic mass is 10.1. The number of nitrogens with zero attached hydrogens (tertiary/aromatic N) is 1. The quantitative estimate of drug-likeness (QED) is 0.655. The summed E-state index contributed by atoms with van der Waals surface area (Å²) in [7, 11) is 0. The van der Waals surface area contributed by atoms with E-state index < -0.39 is 11.8 Å². The fourth-order valence-corrected chi connectivity index (χ4v) is 1.72. The van der Waals surface area contributed by atoms with Gasteiger partial charge in [-0.25, -0.2) is 9.18 Å². The summed E-state index contributed by atoms with van der Waals surface area (Å²) in [5.74, 6) is -1.18. The van der Waals surface area contributed by atoms with Crippen LogP contribution in [0.25, 0.3) is 0 Å². The van der Waals surface area contributed by atoms with E-state index in [-0.39, 0.29) is 23.3 Å². The highest BCUT2D eigenvalue weighted by Gasteiger charge is 2.43. The van der Waals surface area contributed by atoms with Crippen LogP contribution in [0.2, 0.25) is 0 Å². The first-order chi connectivity index (χ1) is 8.56. The standard InChI is InChI=1S/C13H13FN2O2/c14-9-1-2-11(16)10(7-9)12(17)18-8-13(3-4-13)5-6-15/h1-2,7H,3-5,8,16H2. The van der Waals surface area contributed by atoms with Crippen LogP contribution in [0.3, 0.4) is 0 Å². The number of nitrogen functional groups attached to an aromatic ring is 1. The van der Waals surface area contributed by atoms with Crippen LogP contribution >= 0.6 is 0 Å². The van der Waals surface area contributed by atoms with Gasteiger partial charge in [-0.2, -0.15) is 5.26 Å². The van der Waals surface area contributed by atoms with Crippen molar-refractivity contribution in [2.45, 2.75) is 19.3 Å². The number of hydrogen-bond donors (Lipinski definition) is 1. The number of rotatable bonds is 4. The Morgan fingerprint density at radius 2 is 2.28 bits per heavy atom. The zero-order valence-corrected chi connectivity index (χ0v) is 9.78. The Bertz CT molecular complexity index is 518. The minimum Gasteiger partial charge on any atom is -0.461 e.